The normalized spacial score (nSPS) is 12.6. The number of ether oxygens (including phenoxy) is 1. The van der Waals surface area contributed by atoms with Crippen LogP contribution in [0.4, 0.5) is 0 Å². The van der Waals surface area contributed by atoms with Crippen LogP contribution in [0.1, 0.15) is 24.2 Å². The summed E-state index contributed by atoms with van der Waals surface area (Å²) in [7, 11) is 1.67. The molecular weight excluding hydrogens is 318 g/mol. The summed E-state index contributed by atoms with van der Waals surface area (Å²) >= 11 is 3.54. The summed E-state index contributed by atoms with van der Waals surface area (Å²) in [6.45, 7) is 2.12. The number of benzene rings is 1. The van der Waals surface area contributed by atoms with E-state index in [0.717, 1.165) is 32.5 Å². The van der Waals surface area contributed by atoms with Crippen molar-refractivity contribution in [2.45, 2.75) is 12.8 Å². The third-order valence-electron chi connectivity index (χ3n) is 3.44. The number of rotatable bonds is 3. The zero-order valence-corrected chi connectivity index (χ0v) is 12.8. The summed E-state index contributed by atoms with van der Waals surface area (Å²) in [5.74, 6) is 1.92. The standard InChI is InChI=1S/C16H14BrNO2/c1-10(13-5-6-18-9-14(13)17)16-8-11-7-12(19-2)3-4-15(11)20-16/h3-10H,1-2H3. The Labute approximate surface area is 125 Å². The van der Waals surface area contributed by atoms with Gasteiger partial charge in [-0.3, -0.25) is 4.98 Å². The van der Waals surface area contributed by atoms with Gasteiger partial charge < -0.3 is 9.15 Å². The fourth-order valence-electron chi connectivity index (χ4n) is 2.27. The zero-order chi connectivity index (χ0) is 14.1. The topological polar surface area (TPSA) is 35.3 Å². The van der Waals surface area contributed by atoms with E-state index in [4.69, 9.17) is 9.15 Å². The van der Waals surface area contributed by atoms with E-state index in [-0.39, 0.29) is 5.92 Å². The van der Waals surface area contributed by atoms with Crippen LogP contribution in [0.25, 0.3) is 11.0 Å². The Bertz CT molecular complexity index is 751. The molecule has 0 aliphatic heterocycles. The molecule has 0 radical (unpaired) electrons. The lowest BCUT2D eigenvalue weighted by Crippen LogP contribution is -1.95. The zero-order valence-electron chi connectivity index (χ0n) is 11.3. The summed E-state index contributed by atoms with van der Waals surface area (Å²) in [6.07, 6.45) is 3.60. The highest BCUT2D eigenvalue weighted by Crippen LogP contribution is 2.33. The Hall–Kier alpha value is -1.81. The van der Waals surface area contributed by atoms with E-state index < -0.39 is 0 Å². The molecule has 2 heterocycles. The van der Waals surface area contributed by atoms with E-state index in [0.29, 0.717) is 0 Å². The molecule has 0 bridgehead atoms. The van der Waals surface area contributed by atoms with Crippen molar-refractivity contribution in [1.29, 1.82) is 0 Å². The van der Waals surface area contributed by atoms with Gasteiger partial charge in [0.25, 0.3) is 0 Å². The summed E-state index contributed by atoms with van der Waals surface area (Å²) in [6, 6.07) is 9.89. The lowest BCUT2D eigenvalue weighted by Gasteiger charge is -2.10. The second kappa shape index (κ2) is 5.29. The van der Waals surface area contributed by atoms with Gasteiger partial charge in [-0.15, -0.1) is 0 Å². The molecule has 1 aromatic carbocycles. The van der Waals surface area contributed by atoms with Crippen LogP contribution >= 0.6 is 15.9 Å². The summed E-state index contributed by atoms with van der Waals surface area (Å²) in [5.41, 5.74) is 2.03. The molecule has 3 nitrogen and oxygen atoms in total. The molecule has 1 atom stereocenters. The SMILES string of the molecule is COc1ccc2oc(C(C)c3ccncc3Br)cc2c1. The number of hydrogen-bond donors (Lipinski definition) is 0. The maximum Gasteiger partial charge on any atom is 0.134 e. The van der Waals surface area contributed by atoms with E-state index in [9.17, 15) is 0 Å². The molecule has 1 unspecified atom stereocenters. The van der Waals surface area contributed by atoms with Crippen LogP contribution in [0.2, 0.25) is 0 Å². The highest BCUT2D eigenvalue weighted by atomic mass is 79.9. The quantitative estimate of drug-likeness (QED) is 0.694. The Morgan fingerprint density at radius 2 is 2.10 bits per heavy atom. The second-order valence-corrected chi connectivity index (χ2v) is 5.53. The first-order chi connectivity index (χ1) is 9.69. The predicted octanol–water partition coefficient (Wildman–Crippen LogP) is 4.75. The number of halogens is 1. The molecule has 3 rings (SSSR count). The van der Waals surface area contributed by atoms with Gasteiger partial charge in [-0.05, 0) is 51.8 Å². The number of fused-ring (bicyclic) bond motifs is 1. The van der Waals surface area contributed by atoms with Crippen molar-refractivity contribution in [3.05, 3.63) is 58.5 Å². The van der Waals surface area contributed by atoms with Gasteiger partial charge in [-0.2, -0.15) is 0 Å². The van der Waals surface area contributed by atoms with Gasteiger partial charge in [0.15, 0.2) is 0 Å². The number of pyridine rings is 1. The molecule has 0 spiro atoms. The van der Waals surface area contributed by atoms with E-state index in [1.165, 1.54) is 0 Å². The summed E-state index contributed by atoms with van der Waals surface area (Å²) < 4.78 is 12.2. The van der Waals surface area contributed by atoms with Gasteiger partial charge in [-0.25, -0.2) is 0 Å². The van der Waals surface area contributed by atoms with E-state index in [2.05, 4.69) is 33.9 Å². The molecular formula is C16H14BrNO2. The largest absolute Gasteiger partial charge is 0.497 e. The summed E-state index contributed by atoms with van der Waals surface area (Å²) in [4.78, 5) is 4.09. The first-order valence-corrected chi connectivity index (χ1v) is 7.15. The van der Waals surface area contributed by atoms with Gasteiger partial charge in [0.1, 0.15) is 17.1 Å². The maximum atomic E-state index is 5.94. The van der Waals surface area contributed by atoms with Crippen molar-refractivity contribution in [2.24, 2.45) is 0 Å². The van der Waals surface area contributed by atoms with Gasteiger partial charge in [0.2, 0.25) is 0 Å². The molecule has 0 fully saturated rings. The molecule has 4 heteroatoms. The molecule has 0 aliphatic carbocycles. The minimum atomic E-state index is 0.158. The molecule has 0 aliphatic rings. The number of nitrogens with zero attached hydrogens (tertiary/aromatic N) is 1. The number of hydrogen-bond acceptors (Lipinski definition) is 3. The van der Waals surface area contributed by atoms with Crippen molar-refractivity contribution in [3.8, 4) is 5.75 Å². The average molecular weight is 332 g/mol. The molecule has 3 aromatic rings. The first-order valence-electron chi connectivity index (χ1n) is 6.36. The molecule has 2 aromatic heterocycles. The van der Waals surface area contributed by atoms with Crippen LogP contribution in [0.15, 0.2) is 51.6 Å². The van der Waals surface area contributed by atoms with Crippen molar-refractivity contribution in [1.82, 2.24) is 4.98 Å². The maximum absolute atomic E-state index is 5.94. The Kier molecular flexibility index (Phi) is 3.49. The van der Waals surface area contributed by atoms with Crippen molar-refractivity contribution >= 4 is 26.9 Å². The smallest absolute Gasteiger partial charge is 0.134 e. The predicted molar refractivity (Wildman–Crippen MR) is 82.2 cm³/mol. The fourth-order valence-corrected chi connectivity index (χ4v) is 2.87. The van der Waals surface area contributed by atoms with Gasteiger partial charge in [0, 0.05) is 28.2 Å². The molecule has 0 saturated heterocycles. The molecule has 0 saturated carbocycles. The number of methoxy groups -OCH3 is 1. The molecule has 20 heavy (non-hydrogen) atoms. The van der Waals surface area contributed by atoms with Crippen LogP contribution in [0, 0.1) is 0 Å². The van der Waals surface area contributed by atoms with Crippen LogP contribution in [0.5, 0.6) is 5.75 Å². The van der Waals surface area contributed by atoms with E-state index >= 15 is 0 Å². The van der Waals surface area contributed by atoms with Crippen LogP contribution in [-0.2, 0) is 0 Å². The minimum absolute atomic E-state index is 0.158. The first kappa shape index (κ1) is 13.2. The van der Waals surface area contributed by atoms with Crippen molar-refractivity contribution in [3.63, 3.8) is 0 Å². The van der Waals surface area contributed by atoms with Crippen molar-refractivity contribution in [2.75, 3.05) is 7.11 Å². The highest BCUT2D eigenvalue weighted by molar-refractivity contribution is 9.10. The fraction of sp³-hybridized carbons (Fsp3) is 0.188. The van der Waals surface area contributed by atoms with Crippen LogP contribution < -0.4 is 4.74 Å². The third-order valence-corrected chi connectivity index (χ3v) is 4.10. The van der Waals surface area contributed by atoms with E-state index in [1.807, 2.05) is 24.3 Å². The van der Waals surface area contributed by atoms with Gasteiger partial charge in [0.05, 0.1) is 7.11 Å². The van der Waals surface area contributed by atoms with E-state index in [1.54, 1.807) is 19.5 Å². The van der Waals surface area contributed by atoms with Crippen LogP contribution in [-0.4, -0.2) is 12.1 Å². The number of aromatic nitrogens is 1. The Morgan fingerprint density at radius 1 is 1.25 bits per heavy atom. The average Bonchev–Trinajstić information content (AvgIpc) is 2.89. The Balaban J connectivity index is 2.04. The summed E-state index contributed by atoms with van der Waals surface area (Å²) in [5, 5.41) is 1.05. The molecule has 0 amide bonds. The molecule has 0 N–H and O–H groups in total. The Morgan fingerprint density at radius 3 is 2.85 bits per heavy atom. The number of furan rings is 1. The third kappa shape index (κ3) is 2.31. The monoisotopic (exact) mass is 331 g/mol. The molecule has 102 valence electrons. The highest BCUT2D eigenvalue weighted by Gasteiger charge is 2.16. The lowest BCUT2D eigenvalue weighted by atomic mass is 10.00. The lowest BCUT2D eigenvalue weighted by molar-refractivity contribution is 0.415. The second-order valence-electron chi connectivity index (χ2n) is 4.67. The van der Waals surface area contributed by atoms with Crippen molar-refractivity contribution < 1.29 is 9.15 Å². The van der Waals surface area contributed by atoms with Crippen LogP contribution in [0.3, 0.4) is 0 Å². The van der Waals surface area contributed by atoms with Gasteiger partial charge >= 0.3 is 0 Å². The van der Waals surface area contributed by atoms with Gasteiger partial charge in [-0.1, -0.05) is 6.92 Å². The minimum Gasteiger partial charge on any atom is -0.497 e.